The minimum Gasteiger partial charge on any atom is -0.487 e. The highest BCUT2D eigenvalue weighted by Gasteiger charge is 2.33. The van der Waals surface area contributed by atoms with Gasteiger partial charge in [-0.1, -0.05) is 11.6 Å². The van der Waals surface area contributed by atoms with Crippen molar-refractivity contribution in [3.63, 3.8) is 0 Å². The maximum atomic E-state index is 8.90. The molecule has 0 aliphatic carbocycles. The van der Waals surface area contributed by atoms with Crippen molar-refractivity contribution < 1.29 is 9.84 Å². The standard InChI is InChI=1S/C12H17ClN2O2/c13-8-1-3-10(4-2-8)17-12-6-15-11(12)5-9(14)7-16/h1-4,9,11-12,15-16H,5-7,14H2/t9-,11?,12?/m0/s1. The third-order valence-electron chi connectivity index (χ3n) is 2.92. The molecule has 1 fully saturated rings. The van der Waals surface area contributed by atoms with Gasteiger partial charge < -0.3 is 20.9 Å². The van der Waals surface area contributed by atoms with Crippen LogP contribution in [0.3, 0.4) is 0 Å². The fourth-order valence-corrected chi connectivity index (χ4v) is 1.95. The fraction of sp³-hybridized carbons (Fsp3) is 0.500. The Morgan fingerprint density at radius 1 is 1.47 bits per heavy atom. The zero-order valence-corrected chi connectivity index (χ0v) is 10.2. The summed E-state index contributed by atoms with van der Waals surface area (Å²) in [7, 11) is 0. The van der Waals surface area contributed by atoms with Gasteiger partial charge in [0.2, 0.25) is 0 Å². The molecule has 5 heteroatoms. The minimum absolute atomic E-state index is 0.00580. The minimum atomic E-state index is -0.191. The van der Waals surface area contributed by atoms with Crippen LogP contribution < -0.4 is 15.8 Å². The lowest BCUT2D eigenvalue weighted by Gasteiger charge is -2.39. The lowest BCUT2D eigenvalue weighted by molar-refractivity contribution is 0.0714. The number of halogens is 1. The summed E-state index contributed by atoms with van der Waals surface area (Å²) in [6.45, 7) is 0.817. The van der Waals surface area contributed by atoms with Crippen molar-refractivity contribution in [3.8, 4) is 5.75 Å². The first kappa shape index (κ1) is 12.6. The van der Waals surface area contributed by atoms with Gasteiger partial charge in [-0.15, -0.1) is 0 Å². The van der Waals surface area contributed by atoms with Gasteiger partial charge in [0.05, 0.1) is 6.61 Å². The molecule has 1 aromatic rings. The number of hydrogen-bond donors (Lipinski definition) is 3. The monoisotopic (exact) mass is 256 g/mol. The third kappa shape index (κ3) is 3.33. The van der Waals surface area contributed by atoms with Gasteiger partial charge in [-0.3, -0.25) is 0 Å². The summed E-state index contributed by atoms with van der Waals surface area (Å²) < 4.78 is 5.80. The summed E-state index contributed by atoms with van der Waals surface area (Å²) in [6.07, 6.45) is 0.836. The second-order valence-corrected chi connectivity index (χ2v) is 4.74. The number of aliphatic hydroxyl groups excluding tert-OH is 1. The van der Waals surface area contributed by atoms with Crippen LogP contribution in [-0.2, 0) is 0 Å². The quantitative estimate of drug-likeness (QED) is 0.728. The van der Waals surface area contributed by atoms with Crippen molar-refractivity contribution in [2.45, 2.75) is 24.6 Å². The van der Waals surface area contributed by atoms with Gasteiger partial charge in [0.15, 0.2) is 0 Å². The van der Waals surface area contributed by atoms with Crippen molar-refractivity contribution in [2.75, 3.05) is 13.2 Å². The van der Waals surface area contributed by atoms with Crippen LogP contribution in [0.4, 0.5) is 0 Å². The van der Waals surface area contributed by atoms with Crippen LogP contribution in [0.1, 0.15) is 6.42 Å². The van der Waals surface area contributed by atoms with E-state index in [1.54, 1.807) is 12.1 Å². The molecular formula is C12H17ClN2O2. The molecule has 0 saturated carbocycles. The molecule has 1 saturated heterocycles. The Balaban J connectivity index is 1.85. The highest BCUT2D eigenvalue weighted by atomic mass is 35.5. The molecule has 3 atom stereocenters. The van der Waals surface area contributed by atoms with Crippen LogP contribution in [0.15, 0.2) is 24.3 Å². The molecule has 4 N–H and O–H groups in total. The summed E-state index contributed by atoms with van der Waals surface area (Å²) in [5.41, 5.74) is 5.70. The molecule has 2 unspecified atom stereocenters. The van der Waals surface area contributed by atoms with Gasteiger partial charge in [-0.05, 0) is 30.7 Å². The molecule has 1 aliphatic heterocycles. The first-order valence-electron chi connectivity index (χ1n) is 5.71. The molecule has 1 aliphatic rings. The van der Waals surface area contributed by atoms with E-state index in [2.05, 4.69) is 5.32 Å². The van der Waals surface area contributed by atoms with E-state index < -0.39 is 0 Å². The number of hydrogen-bond acceptors (Lipinski definition) is 4. The summed E-state index contributed by atoms with van der Waals surface area (Å²) in [6, 6.07) is 7.33. The predicted molar refractivity (Wildman–Crippen MR) is 67.3 cm³/mol. The molecule has 1 aromatic carbocycles. The first-order chi connectivity index (χ1) is 8.19. The van der Waals surface area contributed by atoms with Gasteiger partial charge in [-0.25, -0.2) is 0 Å². The molecule has 2 rings (SSSR count). The number of ether oxygens (including phenoxy) is 1. The lowest BCUT2D eigenvalue weighted by atomic mass is 9.96. The highest BCUT2D eigenvalue weighted by Crippen LogP contribution is 2.21. The molecule has 17 heavy (non-hydrogen) atoms. The van der Waals surface area contributed by atoms with Crippen LogP contribution in [0.25, 0.3) is 0 Å². The fourth-order valence-electron chi connectivity index (χ4n) is 1.83. The Kier molecular flexibility index (Phi) is 4.23. The van der Waals surface area contributed by atoms with Crippen molar-refractivity contribution in [3.05, 3.63) is 29.3 Å². The van der Waals surface area contributed by atoms with Gasteiger partial charge in [0.1, 0.15) is 11.9 Å². The molecule has 0 amide bonds. The van der Waals surface area contributed by atoms with E-state index in [1.165, 1.54) is 0 Å². The van der Waals surface area contributed by atoms with E-state index >= 15 is 0 Å². The Morgan fingerprint density at radius 3 is 2.71 bits per heavy atom. The van der Waals surface area contributed by atoms with E-state index in [-0.39, 0.29) is 24.8 Å². The Bertz CT molecular complexity index is 358. The van der Waals surface area contributed by atoms with Crippen LogP contribution in [0.2, 0.25) is 5.02 Å². The maximum Gasteiger partial charge on any atom is 0.126 e. The van der Waals surface area contributed by atoms with Crippen molar-refractivity contribution in [1.29, 1.82) is 0 Å². The summed E-state index contributed by atoms with van der Waals surface area (Å²) in [5.74, 6) is 0.809. The second-order valence-electron chi connectivity index (χ2n) is 4.30. The van der Waals surface area contributed by atoms with E-state index in [0.717, 1.165) is 18.7 Å². The summed E-state index contributed by atoms with van der Waals surface area (Å²) in [5, 5.41) is 12.8. The van der Waals surface area contributed by atoms with Crippen LogP contribution in [-0.4, -0.2) is 36.4 Å². The van der Waals surface area contributed by atoms with Crippen LogP contribution in [0.5, 0.6) is 5.75 Å². The van der Waals surface area contributed by atoms with E-state index in [0.29, 0.717) is 5.02 Å². The predicted octanol–water partition coefficient (Wildman–Crippen LogP) is 0.769. The van der Waals surface area contributed by atoms with Crippen molar-refractivity contribution in [2.24, 2.45) is 5.73 Å². The number of nitrogens with two attached hydrogens (primary N) is 1. The smallest absolute Gasteiger partial charge is 0.126 e. The molecule has 0 aromatic heterocycles. The zero-order valence-electron chi connectivity index (χ0n) is 9.47. The average molecular weight is 257 g/mol. The van der Waals surface area contributed by atoms with E-state index in [1.807, 2.05) is 12.1 Å². The topological polar surface area (TPSA) is 67.5 Å². The number of rotatable bonds is 5. The van der Waals surface area contributed by atoms with Crippen LogP contribution >= 0.6 is 11.6 Å². The van der Waals surface area contributed by atoms with Crippen molar-refractivity contribution in [1.82, 2.24) is 5.32 Å². The van der Waals surface area contributed by atoms with E-state index in [9.17, 15) is 0 Å². The Labute approximate surface area is 106 Å². The molecule has 0 radical (unpaired) electrons. The summed E-state index contributed by atoms with van der Waals surface area (Å²) in [4.78, 5) is 0. The Morgan fingerprint density at radius 2 is 2.18 bits per heavy atom. The molecule has 94 valence electrons. The summed E-state index contributed by atoms with van der Waals surface area (Å²) >= 11 is 5.80. The first-order valence-corrected chi connectivity index (χ1v) is 6.09. The number of aliphatic hydroxyl groups is 1. The Hall–Kier alpha value is -0.810. The molecule has 0 spiro atoms. The second kappa shape index (κ2) is 5.69. The highest BCUT2D eigenvalue weighted by molar-refractivity contribution is 6.30. The SMILES string of the molecule is N[C@H](CO)CC1NCC1Oc1ccc(Cl)cc1. The number of benzene rings is 1. The largest absolute Gasteiger partial charge is 0.487 e. The molecule has 4 nitrogen and oxygen atoms in total. The zero-order chi connectivity index (χ0) is 12.3. The van der Waals surface area contributed by atoms with Gasteiger partial charge >= 0.3 is 0 Å². The third-order valence-corrected chi connectivity index (χ3v) is 3.17. The van der Waals surface area contributed by atoms with Gasteiger partial charge in [0, 0.05) is 23.7 Å². The maximum absolute atomic E-state index is 8.90. The van der Waals surface area contributed by atoms with Gasteiger partial charge in [0.25, 0.3) is 0 Å². The molecular weight excluding hydrogens is 240 g/mol. The number of nitrogens with one attached hydrogen (secondary N) is 1. The van der Waals surface area contributed by atoms with Gasteiger partial charge in [-0.2, -0.15) is 0 Å². The normalized spacial score (nSPS) is 25.1. The molecule has 1 heterocycles. The van der Waals surface area contributed by atoms with Crippen molar-refractivity contribution >= 4 is 11.6 Å². The lowest BCUT2D eigenvalue weighted by Crippen LogP contribution is -2.61. The van der Waals surface area contributed by atoms with Crippen LogP contribution in [0, 0.1) is 0 Å². The molecule has 0 bridgehead atoms. The average Bonchev–Trinajstić information content (AvgIpc) is 2.33. The van der Waals surface area contributed by atoms with E-state index in [4.69, 9.17) is 27.2 Å².